The van der Waals surface area contributed by atoms with Crippen LogP contribution in [0.25, 0.3) is 0 Å². The lowest BCUT2D eigenvalue weighted by atomic mass is 10.2. The summed E-state index contributed by atoms with van der Waals surface area (Å²) in [7, 11) is 1.60. The molecule has 0 saturated heterocycles. The van der Waals surface area contributed by atoms with Gasteiger partial charge in [0.25, 0.3) is 0 Å². The molecular weight excluding hydrogens is 396 g/mol. The zero-order chi connectivity index (χ0) is 20.5. The van der Waals surface area contributed by atoms with Crippen LogP contribution in [0.2, 0.25) is 5.02 Å². The van der Waals surface area contributed by atoms with Gasteiger partial charge in [0, 0.05) is 11.9 Å². The predicted molar refractivity (Wildman–Crippen MR) is 117 cm³/mol. The number of halogens is 1. The third-order valence-electron chi connectivity index (χ3n) is 3.91. The smallest absolute Gasteiger partial charge is 0.191 e. The number of thiazole rings is 1. The highest BCUT2D eigenvalue weighted by Gasteiger charge is 2.12. The van der Waals surface area contributed by atoms with Gasteiger partial charge in [-0.2, -0.15) is 0 Å². The first-order valence-electron chi connectivity index (χ1n) is 9.44. The summed E-state index contributed by atoms with van der Waals surface area (Å²) in [4.78, 5) is 9.30. The van der Waals surface area contributed by atoms with Crippen LogP contribution < -0.4 is 20.1 Å². The highest BCUT2D eigenvalue weighted by atomic mass is 35.5. The molecule has 8 heteroatoms. The maximum Gasteiger partial charge on any atom is 0.191 e. The Morgan fingerprint density at radius 2 is 2.07 bits per heavy atom. The van der Waals surface area contributed by atoms with E-state index in [9.17, 15) is 0 Å². The van der Waals surface area contributed by atoms with E-state index in [1.54, 1.807) is 18.4 Å². The molecule has 0 amide bonds. The summed E-state index contributed by atoms with van der Waals surface area (Å²) in [6.07, 6.45) is 0. The van der Waals surface area contributed by atoms with Crippen molar-refractivity contribution in [1.82, 2.24) is 15.6 Å². The van der Waals surface area contributed by atoms with Crippen molar-refractivity contribution in [2.75, 3.05) is 20.3 Å². The molecule has 0 bridgehead atoms. The maximum absolute atomic E-state index is 6.35. The Balaban J connectivity index is 2.07. The van der Waals surface area contributed by atoms with E-state index in [1.807, 2.05) is 26.0 Å². The van der Waals surface area contributed by atoms with Crippen molar-refractivity contribution in [3.63, 3.8) is 0 Å². The molecular formula is C20H29ClN4O2S. The molecule has 0 spiro atoms. The van der Waals surface area contributed by atoms with Gasteiger partial charge in [0.05, 0.1) is 37.5 Å². The van der Waals surface area contributed by atoms with Gasteiger partial charge in [0.1, 0.15) is 5.01 Å². The van der Waals surface area contributed by atoms with E-state index in [2.05, 4.69) is 39.8 Å². The van der Waals surface area contributed by atoms with Crippen molar-refractivity contribution in [3.05, 3.63) is 38.8 Å². The lowest BCUT2D eigenvalue weighted by molar-refractivity contribution is 0.311. The summed E-state index contributed by atoms with van der Waals surface area (Å²) in [5.41, 5.74) is 2.07. The molecule has 0 saturated carbocycles. The van der Waals surface area contributed by atoms with Gasteiger partial charge in [-0.05, 0) is 37.5 Å². The minimum Gasteiger partial charge on any atom is -0.493 e. The Kier molecular flexibility index (Phi) is 8.86. The number of hydrogen-bond acceptors (Lipinski definition) is 5. The Morgan fingerprint density at radius 3 is 2.68 bits per heavy atom. The van der Waals surface area contributed by atoms with Gasteiger partial charge in [-0.1, -0.05) is 25.4 Å². The third kappa shape index (κ3) is 6.27. The van der Waals surface area contributed by atoms with E-state index in [4.69, 9.17) is 21.1 Å². The molecule has 2 aromatic rings. The van der Waals surface area contributed by atoms with Crippen molar-refractivity contribution in [1.29, 1.82) is 0 Å². The first kappa shape index (κ1) is 22.3. The van der Waals surface area contributed by atoms with Crippen LogP contribution in [0, 0.1) is 0 Å². The molecule has 2 rings (SSSR count). The molecule has 1 heterocycles. The molecule has 0 radical (unpaired) electrons. The molecule has 0 aliphatic rings. The van der Waals surface area contributed by atoms with Gasteiger partial charge in [-0.25, -0.2) is 9.98 Å². The predicted octanol–water partition coefficient (Wildman–Crippen LogP) is 4.58. The second kappa shape index (κ2) is 11.1. The minimum absolute atomic E-state index is 0.436. The van der Waals surface area contributed by atoms with Gasteiger partial charge < -0.3 is 20.1 Å². The maximum atomic E-state index is 6.35. The van der Waals surface area contributed by atoms with Crippen molar-refractivity contribution in [2.45, 2.75) is 46.7 Å². The number of methoxy groups -OCH3 is 1. The fourth-order valence-corrected chi connectivity index (χ4v) is 3.67. The van der Waals surface area contributed by atoms with Crippen molar-refractivity contribution in [2.24, 2.45) is 4.99 Å². The van der Waals surface area contributed by atoms with E-state index in [1.165, 1.54) is 0 Å². The monoisotopic (exact) mass is 424 g/mol. The van der Waals surface area contributed by atoms with Crippen LogP contribution in [-0.2, 0) is 13.1 Å². The lowest BCUT2D eigenvalue weighted by Crippen LogP contribution is -2.36. The standard InChI is InChI=1S/C20H29ClN4O2S/c1-6-22-20(24-11-18-25-16(12-28-18)13(3)4)23-10-14-8-15(21)19(27-7-2)17(9-14)26-5/h8-9,12-13H,6-7,10-11H2,1-5H3,(H2,22,23,24). The molecule has 1 aromatic carbocycles. The van der Waals surface area contributed by atoms with E-state index >= 15 is 0 Å². The van der Waals surface area contributed by atoms with E-state index in [0.29, 0.717) is 42.1 Å². The highest BCUT2D eigenvalue weighted by Crippen LogP contribution is 2.36. The molecule has 1 aromatic heterocycles. The van der Waals surface area contributed by atoms with Crippen molar-refractivity contribution in [3.8, 4) is 11.5 Å². The summed E-state index contributed by atoms with van der Waals surface area (Å²) in [6.45, 7) is 10.6. The summed E-state index contributed by atoms with van der Waals surface area (Å²) in [5.74, 6) is 2.34. The number of aromatic nitrogens is 1. The number of hydrogen-bond donors (Lipinski definition) is 2. The second-order valence-electron chi connectivity index (χ2n) is 6.41. The van der Waals surface area contributed by atoms with Crippen LogP contribution in [0.1, 0.15) is 49.9 Å². The Morgan fingerprint density at radius 1 is 1.29 bits per heavy atom. The first-order valence-corrected chi connectivity index (χ1v) is 10.7. The second-order valence-corrected chi connectivity index (χ2v) is 7.76. The van der Waals surface area contributed by atoms with Gasteiger partial charge in [-0.3, -0.25) is 0 Å². The number of aliphatic imine (C=N–C) groups is 1. The minimum atomic E-state index is 0.436. The molecule has 0 fully saturated rings. The van der Waals surface area contributed by atoms with E-state index in [-0.39, 0.29) is 0 Å². The van der Waals surface area contributed by atoms with Crippen LogP contribution in [0.5, 0.6) is 11.5 Å². The van der Waals surface area contributed by atoms with E-state index < -0.39 is 0 Å². The molecule has 6 nitrogen and oxygen atoms in total. The average Bonchev–Trinajstić information content (AvgIpc) is 3.15. The zero-order valence-electron chi connectivity index (χ0n) is 17.1. The van der Waals surface area contributed by atoms with Crippen molar-refractivity contribution < 1.29 is 9.47 Å². The summed E-state index contributed by atoms with van der Waals surface area (Å²) >= 11 is 8.01. The van der Waals surface area contributed by atoms with Crippen molar-refractivity contribution >= 4 is 28.9 Å². The third-order valence-corrected chi connectivity index (χ3v) is 5.06. The molecule has 154 valence electrons. The molecule has 0 unspecified atom stereocenters. The molecule has 0 aliphatic carbocycles. The number of nitrogens with zero attached hydrogens (tertiary/aromatic N) is 2. The van der Waals surface area contributed by atoms with Gasteiger partial charge in [-0.15, -0.1) is 11.3 Å². The Hall–Kier alpha value is -1.99. The number of rotatable bonds is 9. The normalized spacial score (nSPS) is 11.6. The number of ether oxygens (including phenoxy) is 2. The van der Waals surface area contributed by atoms with Crippen LogP contribution in [0.15, 0.2) is 22.5 Å². The molecule has 28 heavy (non-hydrogen) atoms. The van der Waals surface area contributed by atoms with Gasteiger partial charge in [0.2, 0.25) is 0 Å². The Labute approximate surface area is 176 Å². The lowest BCUT2D eigenvalue weighted by Gasteiger charge is -2.13. The molecule has 0 aliphatic heterocycles. The molecule has 0 atom stereocenters. The largest absolute Gasteiger partial charge is 0.493 e. The number of nitrogens with one attached hydrogen (secondary N) is 2. The van der Waals surface area contributed by atoms with Crippen LogP contribution in [0.4, 0.5) is 0 Å². The number of guanidine groups is 1. The summed E-state index contributed by atoms with van der Waals surface area (Å²) in [6, 6.07) is 3.76. The van der Waals surface area contributed by atoms with Gasteiger partial charge >= 0.3 is 0 Å². The summed E-state index contributed by atoms with van der Waals surface area (Å²) in [5, 5.41) is 10.3. The van der Waals surface area contributed by atoms with Crippen LogP contribution >= 0.6 is 22.9 Å². The SMILES string of the molecule is CCNC(=NCc1cc(Cl)c(OCC)c(OC)c1)NCc1nc(C(C)C)cs1. The summed E-state index contributed by atoms with van der Waals surface area (Å²) < 4.78 is 11.0. The Bertz CT molecular complexity index is 793. The fraction of sp³-hybridized carbons (Fsp3) is 0.500. The van der Waals surface area contributed by atoms with E-state index in [0.717, 1.165) is 28.8 Å². The zero-order valence-corrected chi connectivity index (χ0v) is 18.7. The fourth-order valence-electron chi connectivity index (χ4n) is 2.49. The van der Waals surface area contributed by atoms with Crippen LogP contribution in [-0.4, -0.2) is 31.2 Å². The molecule has 2 N–H and O–H groups in total. The van der Waals surface area contributed by atoms with Gasteiger partial charge in [0.15, 0.2) is 17.5 Å². The number of benzene rings is 1. The first-order chi connectivity index (χ1) is 13.5. The topological polar surface area (TPSA) is 67.8 Å². The highest BCUT2D eigenvalue weighted by molar-refractivity contribution is 7.09. The van der Waals surface area contributed by atoms with Crippen LogP contribution in [0.3, 0.4) is 0 Å². The average molecular weight is 425 g/mol. The quantitative estimate of drug-likeness (QED) is 0.455.